The van der Waals surface area contributed by atoms with Crippen molar-refractivity contribution < 1.29 is 0 Å². The van der Waals surface area contributed by atoms with E-state index in [1.165, 1.54) is 43.2 Å². The minimum absolute atomic E-state index is 0.0594. The number of halogens is 1. The van der Waals surface area contributed by atoms with Crippen LogP contribution < -0.4 is 0 Å². The highest BCUT2D eigenvalue weighted by Crippen LogP contribution is 2.30. The van der Waals surface area contributed by atoms with Crippen LogP contribution in [-0.4, -0.2) is 9.55 Å². The average Bonchev–Trinajstić information content (AvgIpc) is 2.82. The fraction of sp³-hybridized carbons (Fsp3) is 0.611. The molecule has 116 valence electrons. The van der Waals surface area contributed by atoms with Crippen LogP contribution in [0.3, 0.4) is 0 Å². The van der Waals surface area contributed by atoms with Crippen LogP contribution in [0.2, 0.25) is 0 Å². The SMILES string of the molecule is CCCCCCC(C)n1c(C(C)Cl)nc2ccc(C)cc21. The molecule has 21 heavy (non-hydrogen) atoms. The minimum atomic E-state index is -0.0594. The smallest absolute Gasteiger partial charge is 0.127 e. The Morgan fingerprint density at radius 2 is 1.95 bits per heavy atom. The topological polar surface area (TPSA) is 17.8 Å². The molecule has 0 radical (unpaired) electrons. The van der Waals surface area contributed by atoms with E-state index in [4.69, 9.17) is 16.6 Å². The third-order valence-corrected chi connectivity index (χ3v) is 4.34. The zero-order valence-electron chi connectivity index (χ0n) is 13.7. The number of aromatic nitrogens is 2. The summed E-state index contributed by atoms with van der Waals surface area (Å²) in [6.45, 7) is 8.68. The number of rotatable bonds is 7. The van der Waals surface area contributed by atoms with E-state index in [0.29, 0.717) is 6.04 Å². The first kappa shape index (κ1) is 16.4. The van der Waals surface area contributed by atoms with E-state index >= 15 is 0 Å². The molecule has 1 heterocycles. The summed E-state index contributed by atoms with van der Waals surface area (Å²) in [5.41, 5.74) is 3.56. The summed E-state index contributed by atoms with van der Waals surface area (Å²) in [6, 6.07) is 6.90. The first-order valence-corrected chi connectivity index (χ1v) is 8.60. The van der Waals surface area contributed by atoms with E-state index in [0.717, 1.165) is 11.3 Å². The fourth-order valence-electron chi connectivity index (χ4n) is 2.96. The molecule has 0 saturated carbocycles. The maximum atomic E-state index is 6.36. The maximum absolute atomic E-state index is 6.36. The summed E-state index contributed by atoms with van der Waals surface area (Å²) in [5.74, 6) is 1.00. The van der Waals surface area contributed by atoms with Crippen LogP contribution in [-0.2, 0) is 0 Å². The number of imidazole rings is 1. The fourth-order valence-corrected chi connectivity index (χ4v) is 3.12. The molecule has 0 aliphatic heterocycles. The van der Waals surface area contributed by atoms with E-state index in [1.807, 2.05) is 6.92 Å². The highest BCUT2D eigenvalue weighted by Gasteiger charge is 2.18. The van der Waals surface area contributed by atoms with Gasteiger partial charge in [0.2, 0.25) is 0 Å². The molecule has 1 aromatic heterocycles. The summed E-state index contributed by atoms with van der Waals surface area (Å²) in [7, 11) is 0. The van der Waals surface area contributed by atoms with Crippen molar-refractivity contribution in [1.82, 2.24) is 9.55 Å². The number of alkyl halides is 1. The predicted octanol–water partition coefficient (Wildman–Crippen LogP) is 6.18. The van der Waals surface area contributed by atoms with E-state index < -0.39 is 0 Å². The molecule has 0 aliphatic rings. The number of hydrogen-bond acceptors (Lipinski definition) is 1. The molecule has 0 spiro atoms. The standard InChI is InChI=1S/C18H27ClN2/c1-5-6-7-8-9-14(3)21-17-12-13(2)10-11-16(17)20-18(21)15(4)19/h10-12,14-15H,5-9H2,1-4H3. The van der Waals surface area contributed by atoms with Gasteiger partial charge in [-0.25, -0.2) is 4.98 Å². The molecule has 0 aliphatic carbocycles. The lowest BCUT2D eigenvalue weighted by Crippen LogP contribution is -2.10. The Labute approximate surface area is 133 Å². The monoisotopic (exact) mass is 306 g/mol. The largest absolute Gasteiger partial charge is 0.324 e. The van der Waals surface area contributed by atoms with Gasteiger partial charge < -0.3 is 4.57 Å². The van der Waals surface area contributed by atoms with E-state index in [2.05, 4.69) is 43.5 Å². The molecule has 3 heteroatoms. The van der Waals surface area contributed by atoms with Crippen molar-refractivity contribution in [3.63, 3.8) is 0 Å². The van der Waals surface area contributed by atoms with Crippen molar-refractivity contribution in [1.29, 1.82) is 0 Å². The first-order chi connectivity index (χ1) is 10.0. The predicted molar refractivity (Wildman–Crippen MR) is 92.2 cm³/mol. The highest BCUT2D eigenvalue weighted by atomic mass is 35.5. The lowest BCUT2D eigenvalue weighted by atomic mass is 10.1. The number of hydrogen-bond donors (Lipinski definition) is 0. The molecule has 2 nitrogen and oxygen atoms in total. The Balaban J connectivity index is 2.30. The average molecular weight is 307 g/mol. The number of unbranched alkanes of at least 4 members (excludes halogenated alkanes) is 3. The van der Waals surface area contributed by atoms with Crippen LogP contribution in [0, 0.1) is 6.92 Å². The van der Waals surface area contributed by atoms with Gasteiger partial charge in [0.05, 0.1) is 16.4 Å². The number of benzene rings is 1. The molecule has 0 bridgehead atoms. The van der Waals surface area contributed by atoms with E-state index in [-0.39, 0.29) is 5.38 Å². The van der Waals surface area contributed by atoms with Gasteiger partial charge in [0, 0.05) is 6.04 Å². The second-order valence-electron chi connectivity index (χ2n) is 6.15. The molecule has 2 atom stereocenters. The van der Waals surface area contributed by atoms with Crippen molar-refractivity contribution in [2.45, 2.75) is 71.2 Å². The normalized spacial score (nSPS) is 14.5. The minimum Gasteiger partial charge on any atom is -0.324 e. The zero-order valence-corrected chi connectivity index (χ0v) is 14.5. The Kier molecular flexibility index (Phi) is 5.69. The van der Waals surface area contributed by atoms with E-state index in [1.54, 1.807) is 0 Å². The molecule has 2 aromatic rings. The van der Waals surface area contributed by atoms with Gasteiger partial charge in [-0.3, -0.25) is 0 Å². The van der Waals surface area contributed by atoms with Gasteiger partial charge in [-0.1, -0.05) is 38.7 Å². The van der Waals surface area contributed by atoms with Gasteiger partial charge in [-0.15, -0.1) is 11.6 Å². The molecule has 2 unspecified atom stereocenters. The van der Waals surface area contributed by atoms with Gasteiger partial charge in [-0.05, 0) is 44.9 Å². The Bertz CT molecular complexity index is 586. The van der Waals surface area contributed by atoms with Crippen LogP contribution in [0.15, 0.2) is 18.2 Å². The molecular formula is C18H27ClN2. The van der Waals surface area contributed by atoms with Gasteiger partial charge in [0.1, 0.15) is 5.82 Å². The van der Waals surface area contributed by atoms with E-state index in [9.17, 15) is 0 Å². The van der Waals surface area contributed by atoms with Crippen molar-refractivity contribution in [2.24, 2.45) is 0 Å². The zero-order chi connectivity index (χ0) is 15.4. The van der Waals surface area contributed by atoms with Gasteiger partial charge >= 0.3 is 0 Å². The van der Waals surface area contributed by atoms with Crippen molar-refractivity contribution in [2.75, 3.05) is 0 Å². The third-order valence-electron chi connectivity index (χ3n) is 4.14. The summed E-state index contributed by atoms with van der Waals surface area (Å²) < 4.78 is 2.35. The molecule has 0 amide bonds. The van der Waals surface area contributed by atoms with Gasteiger partial charge in [0.15, 0.2) is 0 Å². The second kappa shape index (κ2) is 7.31. The van der Waals surface area contributed by atoms with Crippen LogP contribution in [0.1, 0.15) is 75.7 Å². The number of fused-ring (bicyclic) bond motifs is 1. The number of nitrogens with zero attached hydrogens (tertiary/aromatic N) is 2. The molecule has 0 N–H and O–H groups in total. The summed E-state index contributed by atoms with van der Waals surface area (Å²) in [4.78, 5) is 4.75. The van der Waals surface area contributed by atoms with Crippen molar-refractivity contribution >= 4 is 22.6 Å². The van der Waals surface area contributed by atoms with Gasteiger partial charge in [-0.2, -0.15) is 0 Å². The lowest BCUT2D eigenvalue weighted by molar-refractivity contribution is 0.468. The molecule has 0 saturated heterocycles. The third kappa shape index (κ3) is 3.79. The highest BCUT2D eigenvalue weighted by molar-refractivity contribution is 6.20. The molecule has 1 aromatic carbocycles. The van der Waals surface area contributed by atoms with Gasteiger partial charge in [0.25, 0.3) is 0 Å². The molecular weight excluding hydrogens is 280 g/mol. The first-order valence-electron chi connectivity index (χ1n) is 8.17. The summed E-state index contributed by atoms with van der Waals surface area (Å²) in [5, 5.41) is -0.0594. The lowest BCUT2D eigenvalue weighted by Gasteiger charge is -2.19. The summed E-state index contributed by atoms with van der Waals surface area (Å²) >= 11 is 6.36. The molecule has 2 rings (SSSR count). The Morgan fingerprint density at radius 1 is 1.19 bits per heavy atom. The quantitative estimate of drug-likeness (QED) is 0.441. The molecule has 0 fully saturated rings. The maximum Gasteiger partial charge on any atom is 0.127 e. The van der Waals surface area contributed by atoms with Crippen molar-refractivity contribution in [3.8, 4) is 0 Å². The second-order valence-corrected chi connectivity index (χ2v) is 6.80. The van der Waals surface area contributed by atoms with Crippen molar-refractivity contribution in [3.05, 3.63) is 29.6 Å². The van der Waals surface area contributed by atoms with Crippen LogP contribution in [0.25, 0.3) is 11.0 Å². The Hall–Kier alpha value is -1.02. The van der Waals surface area contributed by atoms with Crippen LogP contribution in [0.4, 0.5) is 0 Å². The number of aryl methyl sites for hydroxylation is 1. The van der Waals surface area contributed by atoms with Crippen LogP contribution >= 0.6 is 11.6 Å². The summed E-state index contributed by atoms with van der Waals surface area (Å²) in [6.07, 6.45) is 6.39. The van der Waals surface area contributed by atoms with Crippen LogP contribution in [0.5, 0.6) is 0 Å². The Morgan fingerprint density at radius 3 is 2.62 bits per heavy atom.